The summed E-state index contributed by atoms with van der Waals surface area (Å²) in [4.78, 5) is 2.23. The van der Waals surface area contributed by atoms with Gasteiger partial charge in [0.05, 0.1) is 0 Å². The maximum absolute atomic E-state index is 5.73. The number of hydrogen-bond donors (Lipinski definition) is 2. The fourth-order valence-electron chi connectivity index (χ4n) is 1.35. The number of rotatable bonds is 4. The number of nitrogens with zero attached hydrogens (tertiary/aromatic N) is 1. The average Bonchev–Trinajstić information content (AvgIpc) is 1.82. The molecule has 1 atom stereocenters. The maximum atomic E-state index is 5.73. The molecule has 0 spiro atoms. The first-order chi connectivity index (χ1) is 5.35. The fraction of sp³-hybridized carbons (Fsp3) is 1.00. The Kier molecular flexibility index (Phi) is 4.75. The minimum Gasteiger partial charge on any atom is -0.329 e. The number of nitrogens with two attached hydrogens (primary N) is 2. The van der Waals surface area contributed by atoms with Crippen LogP contribution in [0.4, 0.5) is 0 Å². The molecule has 0 radical (unpaired) electrons. The molecule has 0 amide bonds. The van der Waals surface area contributed by atoms with Crippen LogP contribution in [0.5, 0.6) is 0 Å². The van der Waals surface area contributed by atoms with Crippen LogP contribution in [0, 0.1) is 5.41 Å². The van der Waals surface area contributed by atoms with Gasteiger partial charge in [0, 0.05) is 25.7 Å². The predicted octanol–water partition coefficient (Wildman–Crippen LogP) is 0.250. The second-order valence-corrected chi connectivity index (χ2v) is 4.75. The molecule has 0 saturated carbocycles. The van der Waals surface area contributed by atoms with Crippen molar-refractivity contribution < 1.29 is 0 Å². The molecule has 0 aromatic heterocycles. The van der Waals surface area contributed by atoms with Crippen LogP contribution in [0.2, 0.25) is 0 Å². The Hall–Kier alpha value is -0.120. The summed E-state index contributed by atoms with van der Waals surface area (Å²) in [5.41, 5.74) is 11.5. The van der Waals surface area contributed by atoms with Gasteiger partial charge in [-0.05, 0) is 12.5 Å². The topological polar surface area (TPSA) is 55.3 Å². The van der Waals surface area contributed by atoms with Crippen LogP contribution >= 0.6 is 0 Å². The van der Waals surface area contributed by atoms with Crippen molar-refractivity contribution >= 4 is 0 Å². The van der Waals surface area contributed by atoms with Gasteiger partial charge >= 0.3 is 0 Å². The molecule has 0 aliphatic carbocycles. The van der Waals surface area contributed by atoms with Crippen LogP contribution in [0.3, 0.4) is 0 Å². The Morgan fingerprint density at radius 3 is 2.17 bits per heavy atom. The monoisotopic (exact) mass is 173 g/mol. The van der Waals surface area contributed by atoms with Crippen LogP contribution in [0.15, 0.2) is 0 Å². The van der Waals surface area contributed by atoms with Gasteiger partial charge in [-0.2, -0.15) is 0 Å². The van der Waals surface area contributed by atoms with E-state index in [9.17, 15) is 0 Å². The molecule has 0 saturated heterocycles. The molecule has 74 valence electrons. The van der Waals surface area contributed by atoms with Crippen LogP contribution in [-0.2, 0) is 0 Å². The van der Waals surface area contributed by atoms with E-state index < -0.39 is 0 Å². The molecular formula is C9H23N3. The summed E-state index contributed by atoms with van der Waals surface area (Å²) in [6.07, 6.45) is 0. The molecule has 0 heterocycles. The molecule has 3 nitrogen and oxygen atoms in total. The standard InChI is InChI=1S/C9H23N3/c1-9(2,3)7-12(4)6-8(11)5-10/h8H,5-7,10-11H2,1-4H3. The second-order valence-electron chi connectivity index (χ2n) is 4.75. The molecule has 0 rings (SSSR count). The minimum absolute atomic E-state index is 0.109. The highest BCUT2D eigenvalue weighted by Gasteiger charge is 2.14. The van der Waals surface area contributed by atoms with E-state index in [4.69, 9.17) is 11.5 Å². The third kappa shape index (κ3) is 6.58. The van der Waals surface area contributed by atoms with Gasteiger partial charge in [-0.1, -0.05) is 20.8 Å². The summed E-state index contributed by atoms with van der Waals surface area (Å²) < 4.78 is 0. The molecule has 4 N–H and O–H groups in total. The van der Waals surface area contributed by atoms with Crippen molar-refractivity contribution in [1.29, 1.82) is 0 Å². The maximum Gasteiger partial charge on any atom is 0.0292 e. The Labute approximate surface area is 76.1 Å². The minimum atomic E-state index is 0.109. The van der Waals surface area contributed by atoms with Gasteiger partial charge in [0.15, 0.2) is 0 Å². The molecule has 0 bridgehead atoms. The largest absolute Gasteiger partial charge is 0.329 e. The quantitative estimate of drug-likeness (QED) is 0.641. The molecule has 0 aliphatic rings. The van der Waals surface area contributed by atoms with Gasteiger partial charge in [-0.25, -0.2) is 0 Å². The summed E-state index contributed by atoms with van der Waals surface area (Å²) in [7, 11) is 2.08. The lowest BCUT2D eigenvalue weighted by Crippen LogP contribution is -2.42. The fourth-order valence-corrected chi connectivity index (χ4v) is 1.35. The highest BCUT2D eigenvalue weighted by atomic mass is 15.1. The van der Waals surface area contributed by atoms with Crippen LogP contribution in [-0.4, -0.2) is 37.6 Å². The van der Waals surface area contributed by atoms with Crippen molar-refractivity contribution in [2.24, 2.45) is 16.9 Å². The Morgan fingerprint density at radius 2 is 1.83 bits per heavy atom. The molecule has 3 heteroatoms. The van der Waals surface area contributed by atoms with E-state index in [-0.39, 0.29) is 6.04 Å². The van der Waals surface area contributed by atoms with Crippen LogP contribution < -0.4 is 11.5 Å². The molecular weight excluding hydrogens is 150 g/mol. The summed E-state index contributed by atoms with van der Waals surface area (Å²) in [5.74, 6) is 0. The summed E-state index contributed by atoms with van der Waals surface area (Å²) in [5, 5.41) is 0. The Balaban J connectivity index is 3.66. The second kappa shape index (κ2) is 4.80. The van der Waals surface area contributed by atoms with E-state index in [1.165, 1.54) is 0 Å². The van der Waals surface area contributed by atoms with Crippen LogP contribution in [0.1, 0.15) is 20.8 Å². The molecule has 12 heavy (non-hydrogen) atoms. The molecule has 0 fully saturated rings. The molecule has 1 unspecified atom stereocenters. The van der Waals surface area contributed by atoms with Gasteiger partial charge in [0.2, 0.25) is 0 Å². The molecule has 0 aromatic rings. The summed E-state index contributed by atoms with van der Waals surface area (Å²) in [6.45, 7) is 9.16. The van der Waals surface area contributed by atoms with Gasteiger partial charge in [0.1, 0.15) is 0 Å². The van der Waals surface area contributed by atoms with E-state index in [2.05, 4.69) is 32.7 Å². The third-order valence-corrected chi connectivity index (χ3v) is 1.59. The van der Waals surface area contributed by atoms with Gasteiger partial charge in [-0.15, -0.1) is 0 Å². The lowest BCUT2D eigenvalue weighted by atomic mass is 9.96. The van der Waals surface area contributed by atoms with E-state index in [0.29, 0.717) is 12.0 Å². The summed E-state index contributed by atoms with van der Waals surface area (Å²) in [6, 6.07) is 0.109. The first kappa shape index (κ1) is 11.9. The third-order valence-electron chi connectivity index (χ3n) is 1.59. The first-order valence-corrected chi connectivity index (χ1v) is 4.49. The zero-order valence-corrected chi connectivity index (χ0v) is 8.80. The Morgan fingerprint density at radius 1 is 1.33 bits per heavy atom. The van der Waals surface area contributed by atoms with Crippen molar-refractivity contribution in [2.45, 2.75) is 26.8 Å². The zero-order valence-electron chi connectivity index (χ0n) is 8.80. The molecule has 0 aliphatic heterocycles. The van der Waals surface area contributed by atoms with Crippen molar-refractivity contribution in [3.05, 3.63) is 0 Å². The lowest BCUT2D eigenvalue weighted by molar-refractivity contribution is 0.218. The normalized spacial score (nSPS) is 15.2. The molecule has 0 aromatic carbocycles. The van der Waals surface area contributed by atoms with Crippen LogP contribution in [0.25, 0.3) is 0 Å². The zero-order chi connectivity index (χ0) is 9.78. The van der Waals surface area contributed by atoms with Crippen molar-refractivity contribution in [3.63, 3.8) is 0 Å². The van der Waals surface area contributed by atoms with Crippen molar-refractivity contribution in [1.82, 2.24) is 4.90 Å². The van der Waals surface area contributed by atoms with Crippen molar-refractivity contribution in [3.8, 4) is 0 Å². The van der Waals surface area contributed by atoms with E-state index >= 15 is 0 Å². The van der Waals surface area contributed by atoms with Gasteiger partial charge < -0.3 is 16.4 Å². The smallest absolute Gasteiger partial charge is 0.0292 e. The number of likely N-dealkylation sites (N-methyl/N-ethyl adjacent to an activating group) is 1. The van der Waals surface area contributed by atoms with Gasteiger partial charge in [-0.3, -0.25) is 0 Å². The van der Waals surface area contributed by atoms with E-state index in [1.807, 2.05) is 0 Å². The van der Waals surface area contributed by atoms with Crippen molar-refractivity contribution in [2.75, 3.05) is 26.7 Å². The van der Waals surface area contributed by atoms with E-state index in [0.717, 1.165) is 13.1 Å². The first-order valence-electron chi connectivity index (χ1n) is 4.49. The lowest BCUT2D eigenvalue weighted by Gasteiger charge is -2.28. The highest BCUT2D eigenvalue weighted by Crippen LogP contribution is 2.13. The van der Waals surface area contributed by atoms with Gasteiger partial charge in [0.25, 0.3) is 0 Å². The SMILES string of the molecule is CN(CC(N)CN)CC(C)(C)C. The number of hydrogen-bond acceptors (Lipinski definition) is 3. The highest BCUT2D eigenvalue weighted by molar-refractivity contribution is 4.71. The van der Waals surface area contributed by atoms with E-state index in [1.54, 1.807) is 0 Å². The predicted molar refractivity (Wildman–Crippen MR) is 54.0 cm³/mol. The summed E-state index contributed by atoms with van der Waals surface area (Å²) >= 11 is 0. The average molecular weight is 173 g/mol. The Bertz CT molecular complexity index is 117.